The van der Waals surface area contributed by atoms with E-state index in [9.17, 15) is 22.8 Å². The van der Waals surface area contributed by atoms with E-state index in [0.29, 0.717) is 47.9 Å². The van der Waals surface area contributed by atoms with E-state index in [0.717, 1.165) is 19.2 Å². The normalized spacial score (nSPS) is 17.2. The maximum atomic E-state index is 13.2. The second-order valence-electron chi connectivity index (χ2n) is 8.80. The van der Waals surface area contributed by atoms with Crippen LogP contribution in [0.1, 0.15) is 25.7 Å². The molecule has 1 aromatic heterocycles. The molecule has 0 N–H and O–H groups in total. The molecule has 36 heavy (non-hydrogen) atoms. The summed E-state index contributed by atoms with van der Waals surface area (Å²) in [6.45, 7) is 3.97. The van der Waals surface area contributed by atoms with Gasteiger partial charge in [0.05, 0.1) is 10.6 Å². The lowest BCUT2D eigenvalue weighted by Gasteiger charge is -2.48. The van der Waals surface area contributed by atoms with Crippen molar-refractivity contribution in [1.82, 2.24) is 19.7 Å². The molecule has 2 aliphatic heterocycles. The molecule has 11 heteroatoms. The molecule has 3 aromatic rings. The van der Waals surface area contributed by atoms with E-state index in [2.05, 4.69) is 9.88 Å². The lowest BCUT2D eigenvalue weighted by molar-refractivity contribution is -0.137. The summed E-state index contributed by atoms with van der Waals surface area (Å²) in [6, 6.07) is 10.6. The zero-order chi connectivity index (χ0) is 25.4. The van der Waals surface area contributed by atoms with Gasteiger partial charge in [0.1, 0.15) is 0 Å². The van der Waals surface area contributed by atoms with Gasteiger partial charge in [0.2, 0.25) is 0 Å². The van der Waals surface area contributed by atoms with Crippen LogP contribution in [-0.2, 0) is 6.18 Å². The van der Waals surface area contributed by atoms with E-state index >= 15 is 0 Å². The molecule has 0 atom stereocenters. The fraction of sp³-hybridized carbons (Fsp3) is 0.320. The van der Waals surface area contributed by atoms with Gasteiger partial charge >= 0.3 is 6.18 Å². The number of amides is 2. The highest BCUT2D eigenvalue weighted by Gasteiger charge is 2.37. The van der Waals surface area contributed by atoms with Crippen molar-refractivity contribution < 1.29 is 22.8 Å². The summed E-state index contributed by atoms with van der Waals surface area (Å²) < 4.78 is 39.5. The molecule has 3 heterocycles. The summed E-state index contributed by atoms with van der Waals surface area (Å²) in [5, 5.41) is 1.95. The van der Waals surface area contributed by atoms with Gasteiger partial charge in [0, 0.05) is 62.5 Å². The number of hydrogen-bond acceptors (Lipinski definition) is 5. The molecule has 2 saturated heterocycles. The van der Waals surface area contributed by atoms with E-state index in [1.807, 2.05) is 4.90 Å². The summed E-state index contributed by atoms with van der Waals surface area (Å²) in [6.07, 6.45) is -2.91. The zero-order valence-corrected chi connectivity index (χ0v) is 20.6. The Labute approximate surface area is 214 Å². The van der Waals surface area contributed by atoms with Crippen molar-refractivity contribution in [3.8, 4) is 11.1 Å². The van der Waals surface area contributed by atoms with E-state index in [1.54, 1.807) is 40.7 Å². The molecule has 0 saturated carbocycles. The molecule has 2 amide bonds. The van der Waals surface area contributed by atoms with Gasteiger partial charge in [-0.2, -0.15) is 13.2 Å². The van der Waals surface area contributed by atoms with Gasteiger partial charge in [-0.3, -0.25) is 14.5 Å². The third-order valence-corrected chi connectivity index (χ3v) is 7.71. The number of piperazine rings is 1. The number of rotatable bonds is 4. The summed E-state index contributed by atoms with van der Waals surface area (Å²) in [7, 11) is 0. The topological polar surface area (TPSA) is 56.8 Å². The van der Waals surface area contributed by atoms with Gasteiger partial charge in [-0.25, -0.2) is 4.98 Å². The first-order valence-corrected chi connectivity index (χ1v) is 12.7. The number of carbonyl (C=O) groups is 2. The maximum absolute atomic E-state index is 13.2. The molecule has 5 rings (SSSR count). The van der Waals surface area contributed by atoms with E-state index in [-0.39, 0.29) is 22.9 Å². The maximum Gasteiger partial charge on any atom is 0.417 e. The first-order chi connectivity index (χ1) is 17.2. The second-order valence-corrected chi connectivity index (χ2v) is 10.1. The Bertz CT molecular complexity index is 1250. The third-order valence-electron chi connectivity index (χ3n) is 6.62. The van der Waals surface area contributed by atoms with Crippen LogP contribution in [-0.4, -0.2) is 76.8 Å². The molecule has 6 nitrogen and oxygen atoms in total. The standard InChI is InChI=1S/C25H22ClF3N4O2S/c26-21-6-5-18(13-20(21)25(27,28)29)16-1-3-17(4-2-16)23(34)33-14-19(15-33)31-8-10-32(11-9-31)24(35)22-30-7-12-36-22/h1-7,12-13,19H,8-11,14-15H2. The Kier molecular flexibility index (Phi) is 6.76. The van der Waals surface area contributed by atoms with Gasteiger partial charge in [-0.05, 0) is 35.4 Å². The average molecular weight is 535 g/mol. The van der Waals surface area contributed by atoms with Gasteiger partial charge in [-0.1, -0.05) is 29.8 Å². The van der Waals surface area contributed by atoms with Crippen LogP contribution in [0.15, 0.2) is 54.0 Å². The highest BCUT2D eigenvalue weighted by Crippen LogP contribution is 2.37. The largest absolute Gasteiger partial charge is 0.417 e. The minimum absolute atomic E-state index is 0.0354. The summed E-state index contributed by atoms with van der Waals surface area (Å²) in [4.78, 5) is 35.3. The minimum atomic E-state index is -4.54. The minimum Gasteiger partial charge on any atom is -0.335 e. The van der Waals surface area contributed by atoms with E-state index < -0.39 is 11.7 Å². The van der Waals surface area contributed by atoms with Crippen molar-refractivity contribution in [2.24, 2.45) is 0 Å². The van der Waals surface area contributed by atoms with Crippen LogP contribution in [0.3, 0.4) is 0 Å². The van der Waals surface area contributed by atoms with Crippen LogP contribution in [0.2, 0.25) is 5.02 Å². The first-order valence-electron chi connectivity index (χ1n) is 11.4. The number of hydrogen-bond donors (Lipinski definition) is 0. The van der Waals surface area contributed by atoms with Crippen LogP contribution < -0.4 is 0 Å². The van der Waals surface area contributed by atoms with Crippen LogP contribution >= 0.6 is 22.9 Å². The van der Waals surface area contributed by atoms with E-state index in [1.165, 1.54) is 23.5 Å². The van der Waals surface area contributed by atoms with Crippen LogP contribution in [0.4, 0.5) is 13.2 Å². The average Bonchev–Trinajstić information content (AvgIpc) is 3.38. The number of alkyl halides is 3. The summed E-state index contributed by atoms with van der Waals surface area (Å²) in [5.41, 5.74) is 0.547. The fourth-order valence-electron chi connectivity index (χ4n) is 4.52. The highest BCUT2D eigenvalue weighted by atomic mass is 35.5. The molecular formula is C25H22ClF3N4O2S. The molecule has 2 fully saturated rings. The smallest absolute Gasteiger partial charge is 0.335 e. The molecule has 0 spiro atoms. The third kappa shape index (κ3) is 4.98. The van der Waals surface area contributed by atoms with Crippen molar-refractivity contribution in [2.45, 2.75) is 12.2 Å². The summed E-state index contributed by atoms with van der Waals surface area (Å²) in [5.74, 6) is -0.144. The number of carbonyl (C=O) groups excluding carboxylic acids is 2. The van der Waals surface area contributed by atoms with Crippen molar-refractivity contribution in [3.63, 3.8) is 0 Å². The number of halogens is 4. The van der Waals surface area contributed by atoms with Crippen molar-refractivity contribution >= 4 is 34.8 Å². The van der Waals surface area contributed by atoms with Crippen LogP contribution in [0.5, 0.6) is 0 Å². The van der Waals surface area contributed by atoms with E-state index in [4.69, 9.17) is 11.6 Å². The molecule has 0 radical (unpaired) electrons. The molecule has 2 aliphatic rings. The van der Waals surface area contributed by atoms with Gasteiger partial charge in [0.15, 0.2) is 5.01 Å². The molecule has 2 aromatic carbocycles. The van der Waals surface area contributed by atoms with Gasteiger partial charge in [0.25, 0.3) is 11.8 Å². The Balaban J connectivity index is 1.15. The highest BCUT2D eigenvalue weighted by molar-refractivity contribution is 7.11. The molecule has 0 aliphatic carbocycles. The lowest BCUT2D eigenvalue weighted by Crippen LogP contribution is -2.64. The fourth-order valence-corrected chi connectivity index (χ4v) is 5.34. The quantitative estimate of drug-likeness (QED) is 0.484. The Morgan fingerprint density at radius 1 is 0.917 bits per heavy atom. The monoisotopic (exact) mass is 534 g/mol. The predicted molar refractivity (Wildman–Crippen MR) is 131 cm³/mol. The Morgan fingerprint density at radius 3 is 2.19 bits per heavy atom. The zero-order valence-electron chi connectivity index (χ0n) is 19.0. The molecule has 188 valence electrons. The molecule has 0 unspecified atom stereocenters. The number of thiazole rings is 1. The number of aromatic nitrogens is 1. The van der Waals surface area contributed by atoms with Crippen LogP contribution in [0.25, 0.3) is 11.1 Å². The SMILES string of the molecule is O=C(c1ccc(-c2ccc(Cl)c(C(F)(F)F)c2)cc1)N1CC(N2CCN(C(=O)c3nccs3)CC2)C1. The number of likely N-dealkylation sites (tertiary alicyclic amines) is 1. The first kappa shape index (κ1) is 24.7. The molecule has 0 bridgehead atoms. The van der Waals surface area contributed by atoms with Crippen molar-refractivity contribution in [3.05, 3.63) is 75.2 Å². The van der Waals surface area contributed by atoms with Crippen molar-refractivity contribution in [1.29, 1.82) is 0 Å². The molecular weight excluding hydrogens is 513 g/mol. The van der Waals surface area contributed by atoms with Crippen molar-refractivity contribution in [2.75, 3.05) is 39.3 Å². The predicted octanol–water partition coefficient (Wildman–Crippen LogP) is 4.76. The number of nitrogens with zero attached hydrogens (tertiary/aromatic N) is 4. The van der Waals surface area contributed by atoms with Crippen LogP contribution in [0, 0.1) is 0 Å². The van der Waals surface area contributed by atoms with Gasteiger partial charge < -0.3 is 9.80 Å². The summed E-state index contributed by atoms with van der Waals surface area (Å²) >= 11 is 7.05. The van der Waals surface area contributed by atoms with Gasteiger partial charge in [-0.15, -0.1) is 11.3 Å². The Morgan fingerprint density at radius 2 is 1.58 bits per heavy atom. The Hall–Kier alpha value is -2.95. The number of benzene rings is 2. The second kappa shape index (κ2) is 9.84. The lowest BCUT2D eigenvalue weighted by atomic mass is 10.00.